The van der Waals surface area contributed by atoms with Crippen molar-refractivity contribution < 1.29 is 167 Å². The van der Waals surface area contributed by atoms with E-state index in [0.717, 1.165) is 6.92 Å². The molecule has 33 nitrogen and oxygen atoms in total. The van der Waals surface area contributed by atoms with Crippen molar-refractivity contribution in [1.29, 1.82) is 0 Å². The van der Waals surface area contributed by atoms with Crippen molar-refractivity contribution in [3.63, 3.8) is 0 Å². The summed E-state index contributed by atoms with van der Waals surface area (Å²) in [5, 5.41) is 172. The zero-order valence-electron chi connectivity index (χ0n) is 38.1. The summed E-state index contributed by atoms with van der Waals surface area (Å²) in [5.41, 5.74) is 0. The second-order valence-electron chi connectivity index (χ2n) is 18.2. The van der Waals surface area contributed by atoms with E-state index in [2.05, 4.69) is 4.94 Å². The molecule has 0 aliphatic carbocycles. The Morgan fingerprint density at radius 3 is 0.986 bits per heavy atom. The van der Waals surface area contributed by atoms with Crippen LogP contribution in [0.2, 0.25) is 0 Å². The van der Waals surface area contributed by atoms with Crippen LogP contribution in [0.4, 0.5) is 4.53 Å². The van der Waals surface area contributed by atoms with Crippen molar-refractivity contribution >= 4 is 5.97 Å². The van der Waals surface area contributed by atoms with E-state index in [9.17, 15) is 85.9 Å². The van der Waals surface area contributed by atoms with Crippen LogP contribution < -0.4 is 0 Å². The molecule has 13 heterocycles. The fourth-order valence-corrected chi connectivity index (χ4v) is 9.72. The van der Waals surface area contributed by atoms with Gasteiger partial charge in [-0.15, -0.1) is 0 Å². The number of carbonyl (C=O) groups excluding carboxylic acids is 1. The molecule has 0 spiro atoms. The minimum atomic E-state index is -2.30. The highest BCUT2D eigenvalue weighted by atomic mass is 19.3. The molecule has 34 heteroatoms. The van der Waals surface area contributed by atoms with Gasteiger partial charge < -0.3 is 138 Å². The van der Waals surface area contributed by atoms with Crippen molar-refractivity contribution in [3.05, 3.63) is 0 Å². The summed E-state index contributed by atoms with van der Waals surface area (Å²) >= 11 is 0. The molecule has 0 amide bonds. The van der Waals surface area contributed by atoms with E-state index in [-0.39, 0.29) is 0 Å². The Kier molecular flexibility index (Phi) is 19.2. The van der Waals surface area contributed by atoms with Gasteiger partial charge in [0.05, 0.1) is 39.6 Å². The third-order valence-electron chi connectivity index (χ3n) is 13.7. The molecular weight excluding hydrogens is 1020 g/mol. The average molecular weight is 1080 g/mol. The third kappa shape index (κ3) is 11.3. The van der Waals surface area contributed by atoms with Crippen molar-refractivity contribution in [2.24, 2.45) is 0 Å². The van der Waals surface area contributed by atoms with Gasteiger partial charge in [0.1, 0.15) is 134 Å². The monoisotopic (exact) mass is 1080 g/mol. The first kappa shape index (κ1) is 57.3. The molecule has 0 saturated carbocycles. The van der Waals surface area contributed by atoms with Crippen LogP contribution in [-0.2, 0) is 86.1 Å². The van der Waals surface area contributed by atoms with Crippen LogP contribution in [-0.4, -0.2) is 313 Å². The van der Waals surface area contributed by atoms with E-state index in [1.165, 1.54) is 0 Å². The largest absolute Gasteiger partial charge is 0.394 e. The van der Waals surface area contributed by atoms with E-state index in [1.807, 2.05) is 0 Å². The van der Waals surface area contributed by atoms with Crippen LogP contribution >= 0.6 is 0 Å². The highest BCUT2D eigenvalue weighted by Crippen LogP contribution is 2.40. The molecule has 15 N–H and O–H groups in total. The van der Waals surface area contributed by atoms with Crippen LogP contribution in [0, 0.1) is 0 Å². The first-order valence-electron chi connectivity index (χ1n) is 23.0. The maximum absolute atomic E-state index is 13.2. The van der Waals surface area contributed by atoms with Crippen LogP contribution in [0.3, 0.4) is 0 Å². The second-order valence-corrected chi connectivity index (χ2v) is 18.2. The quantitative estimate of drug-likeness (QED) is 0.0954. The van der Waals surface area contributed by atoms with Gasteiger partial charge in [-0.25, -0.2) is 4.79 Å². The first-order valence-corrected chi connectivity index (χ1v) is 23.0. The predicted molar refractivity (Wildman–Crippen MR) is 210 cm³/mol. The van der Waals surface area contributed by atoms with Gasteiger partial charge in [0.25, 0.3) is 0 Å². The molecule has 12 bridgehead atoms. The fraction of sp³-hybridized carbons (Fsp3) is 0.974. The average Bonchev–Trinajstić information content (AvgIpc) is 3.38. The number of fused-ring (bicyclic) bond motifs is 3. The molecule has 0 radical (unpaired) electrons. The van der Waals surface area contributed by atoms with Gasteiger partial charge in [-0.2, -0.15) is 9.78 Å². The zero-order chi connectivity index (χ0) is 52.7. The molecule has 13 fully saturated rings. The lowest BCUT2D eigenvalue weighted by Gasteiger charge is -2.51. The second kappa shape index (κ2) is 24.4. The van der Waals surface area contributed by atoms with E-state index >= 15 is 0 Å². The summed E-state index contributed by atoms with van der Waals surface area (Å²) in [6.45, 7) is -5.37. The molecule has 422 valence electrons. The van der Waals surface area contributed by atoms with Crippen molar-refractivity contribution in [3.8, 4) is 0 Å². The van der Waals surface area contributed by atoms with Crippen LogP contribution in [0.1, 0.15) is 6.92 Å². The van der Waals surface area contributed by atoms with Crippen LogP contribution in [0.25, 0.3) is 0 Å². The number of aliphatic hydroxyl groups excluding tert-OH is 15. The topological polar surface area (TPSA) is 477 Å². The van der Waals surface area contributed by atoms with E-state index in [1.54, 1.807) is 0 Å². The molecule has 0 aromatic carbocycles. The smallest absolute Gasteiger partial charge is 0.376 e. The summed E-state index contributed by atoms with van der Waals surface area (Å²) in [4.78, 5) is 26.6. The van der Waals surface area contributed by atoms with Gasteiger partial charge in [0, 0.05) is 4.53 Å². The van der Waals surface area contributed by atoms with E-state index < -0.39 is 236 Å². The minimum Gasteiger partial charge on any atom is -0.394 e. The first-order chi connectivity index (χ1) is 34.9. The number of rotatable bonds is 9. The Balaban J connectivity index is 1.22. The molecular formula is C39H61FO33. The Morgan fingerprint density at radius 2 is 0.658 bits per heavy atom. The van der Waals surface area contributed by atoms with Crippen LogP contribution in [0.15, 0.2) is 0 Å². The highest BCUT2D eigenvalue weighted by molar-refractivity contribution is 5.73. The van der Waals surface area contributed by atoms with E-state index in [0.29, 0.717) is 0 Å². The van der Waals surface area contributed by atoms with Gasteiger partial charge >= 0.3 is 5.97 Å². The molecule has 13 saturated heterocycles. The van der Waals surface area contributed by atoms with Crippen LogP contribution in [0.5, 0.6) is 0 Å². The van der Waals surface area contributed by atoms with Gasteiger partial charge in [0.2, 0.25) is 0 Å². The fourth-order valence-electron chi connectivity index (χ4n) is 9.72. The SMILES string of the molecule is CC(O[C@@H]1[C@@H](O)[C@H]2O[C@@H]3[C@@H]4OOO[C@@H]5[C@@H](O)[C@@H](O[C@H]1[C@@H](CO)O2)O[C@H](CO)[C@@H]5O[C@H]1O[C@H](CO)[C@@H](O[C@H]2O[C@H](CO)[C@@H](O[C@H]5O[C@H](CO)[C@@H](O[C@@H](O[C@@H]3CO)[C@@H]4O)[C@H](O)[C@H]5O)[C@H](O)[C@H]2O)[C@H](O)[C@H]1O)C(=O)OF. The third-order valence-corrected chi connectivity index (χ3v) is 13.7. The van der Waals surface area contributed by atoms with Crippen molar-refractivity contribution in [2.45, 2.75) is 197 Å². The van der Waals surface area contributed by atoms with Crippen molar-refractivity contribution in [1.82, 2.24) is 0 Å². The molecule has 73 heavy (non-hydrogen) atoms. The summed E-state index contributed by atoms with van der Waals surface area (Å²) < 4.78 is 88.9. The molecule has 13 aliphatic rings. The molecule has 13 rings (SSSR count). The number of hydrogen-bond acceptors (Lipinski definition) is 33. The number of ether oxygens (including phenoxy) is 13. The standard InChI is InChI=1S/C39H61FO33/c1-8(33(56)70-40)57-30-21(53)37-61-12(5-44)27(30)67-39-23(55)32-28(13(6-45)63-39)68-36-20(52)17(49)25(10(3-42)60-36)65-34-18(50)15(47)24(9(2-41)58-34)64-35-19(51)16(48)26(11(4-43)59-35)66-38-22(54)31(71-73-72-32)29(69-37)14(7-46)62-38/h8-32,34-39,41-55H,2-7H2,1H3/t8?,9-,10-,11-,12-,13-,14-,15-,16-,17-,18-,19-,20-,21-,22-,23-,24-,25-,26-,27+,28+,29+,30-,31-,32-,34-,35-,36-,37-,38-,39-/m1/s1. The van der Waals surface area contributed by atoms with Crippen molar-refractivity contribution in [2.75, 3.05) is 39.6 Å². The summed E-state index contributed by atoms with van der Waals surface area (Å²) in [7, 11) is 0. The van der Waals surface area contributed by atoms with Gasteiger partial charge in [0.15, 0.2) is 56.1 Å². The Labute approximate surface area is 409 Å². The van der Waals surface area contributed by atoms with Gasteiger partial charge in [-0.1, -0.05) is 5.04 Å². The zero-order valence-corrected chi connectivity index (χ0v) is 38.1. The molecule has 0 aromatic rings. The maximum Gasteiger partial charge on any atom is 0.376 e. The normalized spacial score (nSPS) is 52.3. The van der Waals surface area contributed by atoms with Gasteiger partial charge in [-0.05, 0) is 6.92 Å². The summed E-state index contributed by atoms with van der Waals surface area (Å²) in [5.74, 6) is -1.63. The number of hydrogen-bond donors (Lipinski definition) is 15. The Bertz CT molecular complexity index is 1760. The lowest BCUT2D eigenvalue weighted by Crippen LogP contribution is -2.70. The Morgan fingerprint density at radius 1 is 0.384 bits per heavy atom. The maximum atomic E-state index is 13.2. The molecule has 0 aromatic heterocycles. The number of halogens is 1. The van der Waals surface area contributed by atoms with E-state index in [4.69, 9.17) is 76.4 Å². The predicted octanol–water partition coefficient (Wildman–Crippen LogP) is -11.3. The Hall–Kier alpha value is -1.84. The molecule has 13 aliphatic heterocycles. The van der Waals surface area contributed by atoms with Gasteiger partial charge in [-0.3, -0.25) is 4.94 Å². The molecule has 31 atom stereocenters. The minimum absolute atomic E-state index is 0.987. The summed E-state index contributed by atoms with van der Waals surface area (Å²) in [6.07, 6.45) is -62.4. The lowest BCUT2D eigenvalue weighted by molar-refractivity contribution is -0.573. The summed E-state index contributed by atoms with van der Waals surface area (Å²) in [6, 6.07) is 0. The molecule has 1 unspecified atom stereocenters. The lowest BCUT2D eigenvalue weighted by atomic mass is 9.94. The number of carbonyl (C=O) groups is 1. The highest BCUT2D eigenvalue weighted by Gasteiger charge is 2.60. The number of aliphatic hydroxyl groups is 15.